The van der Waals surface area contributed by atoms with Gasteiger partial charge in [0.2, 0.25) is 0 Å². The molecule has 1 atom stereocenters. The van der Waals surface area contributed by atoms with Crippen molar-refractivity contribution in [3.8, 4) is 6.07 Å². The third kappa shape index (κ3) is 6.85. The first-order chi connectivity index (χ1) is 17.2. The van der Waals surface area contributed by atoms with Crippen LogP contribution in [0.3, 0.4) is 0 Å². The van der Waals surface area contributed by atoms with E-state index in [-0.39, 0.29) is 11.7 Å². The molecule has 2 saturated heterocycles. The molecule has 2 fully saturated rings. The SMILES string of the molecule is CN1CCC(c2ccc(Nc3nc(N4CCCC(NC(=O)OC(C)(C)C)C4)cnc3C#N)cc2)CC1. The van der Waals surface area contributed by atoms with E-state index in [2.05, 4.69) is 50.7 Å². The highest BCUT2D eigenvalue weighted by atomic mass is 16.6. The second-order valence-corrected chi connectivity index (χ2v) is 10.8. The molecule has 0 aliphatic carbocycles. The number of alkyl carbamates (subject to hydrolysis) is 1. The van der Waals surface area contributed by atoms with Gasteiger partial charge in [-0.05, 0) is 90.2 Å². The molecule has 4 rings (SSSR count). The number of amides is 1. The standard InChI is InChI=1S/C27H37N7O2/c1-27(2,3)36-26(35)31-22-6-5-13-34(18-22)24-17-29-23(16-28)25(32-24)30-21-9-7-19(8-10-21)20-11-14-33(4)15-12-20/h7-10,17,20,22H,5-6,11-15,18H2,1-4H3,(H,30,32)(H,31,35). The summed E-state index contributed by atoms with van der Waals surface area (Å²) in [5.74, 6) is 1.70. The van der Waals surface area contributed by atoms with E-state index in [1.807, 2.05) is 32.9 Å². The van der Waals surface area contributed by atoms with Crippen molar-refractivity contribution in [1.82, 2.24) is 20.2 Å². The molecular formula is C27H37N7O2. The molecule has 1 amide bonds. The van der Waals surface area contributed by atoms with Crippen molar-refractivity contribution >= 4 is 23.4 Å². The molecule has 1 aromatic carbocycles. The number of carbonyl (C=O) groups excluding carboxylic acids is 1. The first-order valence-corrected chi connectivity index (χ1v) is 12.8. The van der Waals surface area contributed by atoms with Gasteiger partial charge in [-0.2, -0.15) is 5.26 Å². The Labute approximate surface area is 213 Å². The quantitative estimate of drug-likeness (QED) is 0.634. The minimum absolute atomic E-state index is 0.0467. The number of nitrogens with one attached hydrogen (secondary N) is 2. The Bertz CT molecular complexity index is 1080. The van der Waals surface area contributed by atoms with Gasteiger partial charge in [-0.15, -0.1) is 0 Å². The van der Waals surface area contributed by atoms with Gasteiger partial charge in [0.15, 0.2) is 11.5 Å². The summed E-state index contributed by atoms with van der Waals surface area (Å²) in [5.41, 5.74) is 1.94. The minimum atomic E-state index is -0.539. The van der Waals surface area contributed by atoms with Crippen LogP contribution in [0.5, 0.6) is 0 Å². The zero-order valence-corrected chi connectivity index (χ0v) is 21.8. The normalized spacial score (nSPS) is 19.4. The molecule has 0 spiro atoms. The third-order valence-electron chi connectivity index (χ3n) is 6.70. The van der Waals surface area contributed by atoms with E-state index >= 15 is 0 Å². The second-order valence-electron chi connectivity index (χ2n) is 10.8. The highest BCUT2D eigenvalue weighted by Gasteiger charge is 2.26. The lowest BCUT2D eigenvalue weighted by molar-refractivity contribution is 0.0500. The fourth-order valence-corrected chi connectivity index (χ4v) is 4.80. The predicted octanol–water partition coefficient (Wildman–Crippen LogP) is 4.39. The van der Waals surface area contributed by atoms with Crippen LogP contribution in [0.4, 0.5) is 22.1 Å². The van der Waals surface area contributed by atoms with Crippen molar-refractivity contribution < 1.29 is 9.53 Å². The number of aromatic nitrogens is 2. The van der Waals surface area contributed by atoms with Gasteiger partial charge in [-0.1, -0.05) is 12.1 Å². The number of likely N-dealkylation sites (tertiary alicyclic amines) is 1. The summed E-state index contributed by atoms with van der Waals surface area (Å²) in [6.07, 6.45) is 5.34. The molecule has 9 nitrogen and oxygen atoms in total. The summed E-state index contributed by atoms with van der Waals surface area (Å²) in [6.45, 7) is 9.21. The molecular weight excluding hydrogens is 454 g/mol. The average molecular weight is 492 g/mol. The largest absolute Gasteiger partial charge is 0.444 e. The Morgan fingerprint density at radius 3 is 2.53 bits per heavy atom. The van der Waals surface area contributed by atoms with E-state index < -0.39 is 11.7 Å². The number of piperidine rings is 2. The number of hydrogen-bond acceptors (Lipinski definition) is 8. The van der Waals surface area contributed by atoms with Gasteiger partial charge in [0.25, 0.3) is 0 Å². The average Bonchev–Trinajstić information content (AvgIpc) is 2.84. The lowest BCUT2D eigenvalue weighted by atomic mass is 9.89. The molecule has 3 heterocycles. The third-order valence-corrected chi connectivity index (χ3v) is 6.70. The van der Waals surface area contributed by atoms with E-state index in [1.165, 1.54) is 18.4 Å². The van der Waals surface area contributed by atoms with E-state index in [0.717, 1.165) is 38.2 Å². The molecule has 1 unspecified atom stereocenters. The minimum Gasteiger partial charge on any atom is -0.444 e. The molecule has 2 aliphatic heterocycles. The van der Waals surface area contributed by atoms with Gasteiger partial charge in [-0.25, -0.2) is 14.8 Å². The van der Waals surface area contributed by atoms with Crippen molar-refractivity contribution in [3.05, 3.63) is 41.7 Å². The Kier molecular flexibility index (Phi) is 7.94. The zero-order valence-electron chi connectivity index (χ0n) is 21.8. The van der Waals surface area contributed by atoms with Gasteiger partial charge in [0, 0.05) is 24.8 Å². The van der Waals surface area contributed by atoms with Crippen molar-refractivity contribution in [1.29, 1.82) is 5.26 Å². The van der Waals surface area contributed by atoms with Crippen LogP contribution in [-0.2, 0) is 4.74 Å². The number of rotatable bonds is 5. The summed E-state index contributed by atoms with van der Waals surface area (Å²) >= 11 is 0. The lowest BCUT2D eigenvalue weighted by Crippen LogP contribution is -2.49. The molecule has 9 heteroatoms. The Balaban J connectivity index is 1.42. The van der Waals surface area contributed by atoms with Crippen LogP contribution in [0.2, 0.25) is 0 Å². The maximum absolute atomic E-state index is 12.2. The van der Waals surface area contributed by atoms with Gasteiger partial charge in [0.1, 0.15) is 17.5 Å². The molecule has 0 radical (unpaired) electrons. The Morgan fingerprint density at radius 1 is 1.14 bits per heavy atom. The van der Waals surface area contributed by atoms with E-state index in [0.29, 0.717) is 24.1 Å². The lowest BCUT2D eigenvalue weighted by Gasteiger charge is -2.34. The molecule has 0 saturated carbocycles. The van der Waals surface area contributed by atoms with Gasteiger partial charge < -0.3 is 25.2 Å². The van der Waals surface area contributed by atoms with Crippen LogP contribution in [0.15, 0.2) is 30.5 Å². The molecule has 2 aliphatic rings. The van der Waals surface area contributed by atoms with Gasteiger partial charge in [0.05, 0.1) is 6.20 Å². The first kappa shape index (κ1) is 25.7. The first-order valence-electron chi connectivity index (χ1n) is 12.8. The highest BCUT2D eigenvalue weighted by molar-refractivity contribution is 5.68. The summed E-state index contributed by atoms with van der Waals surface area (Å²) in [4.78, 5) is 25.8. The maximum Gasteiger partial charge on any atom is 0.407 e. The highest BCUT2D eigenvalue weighted by Crippen LogP contribution is 2.29. The van der Waals surface area contributed by atoms with Crippen LogP contribution in [-0.4, -0.2) is 65.8 Å². The predicted molar refractivity (Wildman–Crippen MR) is 141 cm³/mol. The van der Waals surface area contributed by atoms with Crippen molar-refractivity contribution in [2.45, 2.75) is 64.0 Å². The second kappa shape index (κ2) is 11.1. The van der Waals surface area contributed by atoms with Crippen molar-refractivity contribution in [2.75, 3.05) is 43.4 Å². The topological polar surface area (TPSA) is 106 Å². The smallest absolute Gasteiger partial charge is 0.407 e. The monoisotopic (exact) mass is 491 g/mol. The molecule has 1 aromatic heterocycles. The summed E-state index contributed by atoms with van der Waals surface area (Å²) in [5, 5.41) is 15.8. The van der Waals surface area contributed by atoms with Crippen LogP contribution < -0.4 is 15.5 Å². The maximum atomic E-state index is 12.2. The molecule has 36 heavy (non-hydrogen) atoms. The number of anilines is 3. The number of nitrogens with zero attached hydrogens (tertiary/aromatic N) is 5. The number of carbonyl (C=O) groups is 1. The van der Waals surface area contributed by atoms with E-state index in [1.54, 1.807) is 6.20 Å². The van der Waals surface area contributed by atoms with Gasteiger partial charge >= 0.3 is 6.09 Å². The number of ether oxygens (including phenoxy) is 1. The fourth-order valence-electron chi connectivity index (χ4n) is 4.80. The van der Waals surface area contributed by atoms with Crippen LogP contribution >= 0.6 is 0 Å². The van der Waals surface area contributed by atoms with Gasteiger partial charge in [-0.3, -0.25) is 0 Å². The number of benzene rings is 1. The molecule has 0 bridgehead atoms. The summed E-state index contributed by atoms with van der Waals surface area (Å²) < 4.78 is 5.40. The molecule has 2 N–H and O–H groups in total. The van der Waals surface area contributed by atoms with Crippen LogP contribution in [0.1, 0.15) is 63.6 Å². The van der Waals surface area contributed by atoms with Crippen molar-refractivity contribution in [2.24, 2.45) is 0 Å². The fraction of sp³-hybridized carbons (Fsp3) is 0.556. The van der Waals surface area contributed by atoms with Crippen molar-refractivity contribution in [3.63, 3.8) is 0 Å². The zero-order chi connectivity index (χ0) is 25.7. The van der Waals surface area contributed by atoms with Crippen LogP contribution in [0, 0.1) is 11.3 Å². The molecule has 2 aromatic rings. The summed E-state index contributed by atoms with van der Waals surface area (Å²) in [6, 6.07) is 10.5. The Hall–Kier alpha value is -3.38. The number of nitriles is 1. The molecule has 192 valence electrons. The van der Waals surface area contributed by atoms with E-state index in [9.17, 15) is 10.1 Å². The summed E-state index contributed by atoms with van der Waals surface area (Å²) in [7, 11) is 2.17. The van der Waals surface area contributed by atoms with Crippen LogP contribution in [0.25, 0.3) is 0 Å². The van der Waals surface area contributed by atoms with E-state index in [4.69, 9.17) is 9.72 Å². The Morgan fingerprint density at radius 2 is 1.86 bits per heavy atom. The number of hydrogen-bond donors (Lipinski definition) is 2.